The fourth-order valence-electron chi connectivity index (χ4n) is 11.3. The number of fused-ring (bicyclic) bond motifs is 12. The smallest absolute Gasteiger partial charge is 0.0754 e. The monoisotopic (exact) mass is 901 g/mol. The van der Waals surface area contributed by atoms with Crippen LogP contribution in [0.4, 0.5) is 17.1 Å². The van der Waals surface area contributed by atoms with Crippen LogP contribution in [0.3, 0.4) is 0 Å². The average molecular weight is 902 g/mol. The molecule has 0 unspecified atom stereocenters. The summed E-state index contributed by atoms with van der Waals surface area (Å²) in [6, 6.07) is 86.9. The van der Waals surface area contributed by atoms with Crippen LogP contribution in [-0.2, 0) is 17.4 Å². The van der Waals surface area contributed by atoms with Gasteiger partial charge in [-0.1, -0.05) is 226 Å². The van der Waals surface area contributed by atoms with Gasteiger partial charge in [-0.2, -0.15) is 0 Å². The Morgan fingerprint density at radius 2 is 0.943 bits per heavy atom. The van der Waals surface area contributed by atoms with E-state index in [2.05, 4.69) is 232 Å². The molecule has 0 atom stereocenters. The molecule has 1 aliphatic heterocycles. The van der Waals surface area contributed by atoms with Gasteiger partial charge in [0.25, 0.3) is 0 Å². The van der Waals surface area contributed by atoms with Crippen molar-refractivity contribution in [3.8, 4) is 44.5 Å². The van der Waals surface area contributed by atoms with E-state index in [1.807, 2.05) is 36.4 Å². The second-order valence-corrected chi connectivity index (χ2v) is 19.0. The number of hydrogen-bond donors (Lipinski definition) is 2. The van der Waals surface area contributed by atoms with Crippen LogP contribution in [0.2, 0.25) is 0 Å². The van der Waals surface area contributed by atoms with Crippen LogP contribution in [0.25, 0.3) is 44.5 Å². The molecule has 13 rings (SSSR count). The number of nitrogens with zero attached hydrogens (tertiary/aromatic N) is 1. The van der Waals surface area contributed by atoms with E-state index >= 15 is 0 Å². The minimum Gasteiger partial charge on any atom is -0.326 e. The molecule has 0 saturated carbocycles. The topological polar surface area (TPSA) is 53.1 Å². The quantitative estimate of drug-likeness (QED) is 0.169. The van der Waals surface area contributed by atoms with Crippen LogP contribution in [0, 0.1) is 12.3 Å². The SMILES string of the molecule is CC1(C)c2ccccc2-c2ccc(-c3ccc4c(c3)-c3c(C=N)cccc3C43c4ccccc4N(c4ccccc4)c4ccccc43)cc21.Cc1ccccc1.NCc1ccc(-c2ccccc2)cc1. The molecule has 0 amide bonds. The fraction of sp³-hybridized carbons (Fsp3) is 0.0896. The molecule has 3 N–H and O–H groups in total. The first-order valence-corrected chi connectivity index (χ1v) is 24.3. The summed E-state index contributed by atoms with van der Waals surface area (Å²) < 4.78 is 0. The van der Waals surface area contributed by atoms with E-state index in [9.17, 15) is 0 Å². The molecular weight excluding hydrogens is 847 g/mol. The van der Waals surface area contributed by atoms with Gasteiger partial charge in [-0.3, -0.25) is 0 Å². The standard InChI is InChI=1S/C47H34N2.C13H13N.C7H8/c1-46(2)37-17-7-6-16-34(37)35-25-23-31(28-42(35)46)30-24-26-38-36(27-30)45-32(29-48)13-12-20-41(45)47(38)39-18-8-10-21-43(39)49(33-14-4-3-5-15-33)44-22-11-9-19-40(44)47;14-10-11-6-8-13(9-7-11)12-4-2-1-3-5-12;1-7-5-3-2-4-6-7/h3-29,48H,1-2H3;1-9H,10,14H2;2-6H,1H3. The van der Waals surface area contributed by atoms with Gasteiger partial charge < -0.3 is 16.0 Å². The first kappa shape index (κ1) is 44.2. The molecule has 0 fully saturated rings. The lowest BCUT2D eigenvalue weighted by atomic mass is 9.64. The van der Waals surface area contributed by atoms with Crippen LogP contribution >= 0.6 is 0 Å². The molecule has 3 aliphatic rings. The Labute approximate surface area is 412 Å². The maximum atomic E-state index is 8.57. The molecule has 1 spiro atoms. The molecule has 1 heterocycles. The van der Waals surface area contributed by atoms with E-state index < -0.39 is 5.41 Å². The van der Waals surface area contributed by atoms with Crippen LogP contribution in [0.15, 0.2) is 243 Å². The predicted octanol–water partition coefficient (Wildman–Crippen LogP) is 16.6. The number of rotatable bonds is 5. The Morgan fingerprint density at radius 3 is 1.57 bits per heavy atom. The highest BCUT2D eigenvalue weighted by Gasteiger charge is 2.52. The third-order valence-corrected chi connectivity index (χ3v) is 14.6. The van der Waals surface area contributed by atoms with Crippen molar-refractivity contribution in [3.05, 3.63) is 293 Å². The number of anilines is 3. The number of nitrogens with one attached hydrogen (secondary N) is 1. The first-order chi connectivity index (χ1) is 34.3. The third-order valence-electron chi connectivity index (χ3n) is 14.6. The van der Waals surface area contributed by atoms with Crippen molar-refractivity contribution in [2.75, 3.05) is 4.90 Å². The minimum absolute atomic E-state index is 0.0667. The summed E-state index contributed by atoms with van der Waals surface area (Å²) in [7, 11) is 0. The van der Waals surface area contributed by atoms with Crippen molar-refractivity contribution in [2.24, 2.45) is 5.73 Å². The van der Waals surface area contributed by atoms with Gasteiger partial charge in [-0.15, -0.1) is 0 Å². The zero-order valence-corrected chi connectivity index (χ0v) is 39.9. The van der Waals surface area contributed by atoms with Gasteiger partial charge in [0, 0.05) is 29.4 Å². The summed E-state index contributed by atoms with van der Waals surface area (Å²) >= 11 is 0. The maximum absolute atomic E-state index is 8.57. The van der Waals surface area contributed by atoms with Gasteiger partial charge in [-0.25, -0.2) is 0 Å². The van der Waals surface area contributed by atoms with Gasteiger partial charge >= 0.3 is 0 Å². The Balaban J connectivity index is 0.000000209. The van der Waals surface area contributed by atoms with Gasteiger partial charge in [0.05, 0.1) is 16.8 Å². The van der Waals surface area contributed by atoms with Crippen molar-refractivity contribution in [3.63, 3.8) is 0 Å². The number of nitrogens with two attached hydrogens (primary N) is 1. The maximum Gasteiger partial charge on any atom is 0.0754 e. The normalized spacial score (nSPS) is 13.5. The second kappa shape index (κ2) is 18.3. The summed E-state index contributed by atoms with van der Waals surface area (Å²) in [6.07, 6.45) is 1.53. The molecule has 70 heavy (non-hydrogen) atoms. The van der Waals surface area contributed by atoms with Crippen molar-refractivity contribution in [1.29, 1.82) is 5.41 Å². The number of aryl methyl sites for hydroxylation is 1. The Hall–Kier alpha value is -8.37. The highest BCUT2D eigenvalue weighted by atomic mass is 15.2. The van der Waals surface area contributed by atoms with E-state index in [0.717, 1.165) is 16.8 Å². The summed E-state index contributed by atoms with van der Waals surface area (Å²) in [5, 5.41) is 8.57. The molecule has 0 bridgehead atoms. The molecular formula is C67H55N3. The zero-order valence-electron chi connectivity index (χ0n) is 39.9. The largest absolute Gasteiger partial charge is 0.326 e. The number of hydrogen-bond acceptors (Lipinski definition) is 3. The Kier molecular flexibility index (Phi) is 11.5. The van der Waals surface area contributed by atoms with Crippen molar-refractivity contribution in [2.45, 2.75) is 38.1 Å². The molecule has 0 aromatic heterocycles. The van der Waals surface area contributed by atoms with Crippen molar-refractivity contribution >= 4 is 23.3 Å². The van der Waals surface area contributed by atoms with Gasteiger partial charge in [0.2, 0.25) is 0 Å². The van der Waals surface area contributed by atoms with E-state index in [-0.39, 0.29) is 5.41 Å². The zero-order chi connectivity index (χ0) is 47.8. The fourth-order valence-corrected chi connectivity index (χ4v) is 11.3. The second-order valence-electron chi connectivity index (χ2n) is 19.0. The number of benzene rings is 10. The highest BCUT2D eigenvalue weighted by molar-refractivity contribution is 6.02. The van der Waals surface area contributed by atoms with E-state index in [0.29, 0.717) is 6.54 Å². The van der Waals surface area contributed by atoms with E-state index in [1.165, 1.54) is 101 Å². The summed E-state index contributed by atoms with van der Waals surface area (Å²) in [5.74, 6) is 0. The molecule has 338 valence electrons. The van der Waals surface area contributed by atoms with Crippen molar-refractivity contribution in [1.82, 2.24) is 0 Å². The third kappa shape index (κ3) is 7.38. The first-order valence-electron chi connectivity index (χ1n) is 24.3. The summed E-state index contributed by atoms with van der Waals surface area (Å²) in [4.78, 5) is 2.41. The van der Waals surface area contributed by atoms with Crippen LogP contribution in [-0.4, -0.2) is 6.21 Å². The molecule has 10 aromatic carbocycles. The highest BCUT2D eigenvalue weighted by Crippen LogP contribution is 2.64. The minimum atomic E-state index is -0.539. The molecule has 3 nitrogen and oxygen atoms in total. The molecule has 0 radical (unpaired) electrons. The molecule has 10 aromatic rings. The molecule has 2 aliphatic carbocycles. The van der Waals surface area contributed by atoms with Crippen molar-refractivity contribution < 1.29 is 0 Å². The van der Waals surface area contributed by atoms with Gasteiger partial charge in [0.15, 0.2) is 0 Å². The van der Waals surface area contributed by atoms with Crippen LogP contribution < -0.4 is 10.6 Å². The van der Waals surface area contributed by atoms with E-state index in [1.54, 1.807) is 0 Å². The Morgan fingerprint density at radius 1 is 0.429 bits per heavy atom. The molecule has 3 heteroatoms. The van der Waals surface area contributed by atoms with Crippen LogP contribution in [0.5, 0.6) is 0 Å². The molecule has 0 saturated heterocycles. The summed E-state index contributed by atoms with van der Waals surface area (Å²) in [5.41, 5.74) is 29.6. The lowest BCUT2D eigenvalue weighted by Crippen LogP contribution is -2.36. The van der Waals surface area contributed by atoms with E-state index in [4.69, 9.17) is 11.1 Å². The lowest BCUT2D eigenvalue weighted by molar-refractivity contribution is 0.660. The lowest BCUT2D eigenvalue weighted by Gasteiger charge is -2.45. The summed E-state index contributed by atoms with van der Waals surface area (Å²) in [6.45, 7) is 7.38. The number of para-hydroxylation sites is 3. The van der Waals surface area contributed by atoms with Crippen LogP contribution in [0.1, 0.15) is 63.9 Å². The predicted molar refractivity (Wildman–Crippen MR) is 294 cm³/mol. The van der Waals surface area contributed by atoms with Gasteiger partial charge in [-0.05, 0) is 127 Å². The van der Waals surface area contributed by atoms with Gasteiger partial charge in [0.1, 0.15) is 0 Å². The Bertz CT molecular complexity index is 3470. The average Bonchev–Trinajstić information content (AvgIpc) is 3.84.